The van der Waals surface area contributed by atoms with Crippen molar-refractivity contribution in [3.8, 4) is 0 Å². The van der Waals surface area contributed by atoms with Gasteiger partial charge in [-0.05, 0) is 67.8 Å². The zero-order valence-corrected chi connectivity index (χ0v) is 16.0. The molecule has 0 saturated heterocycles. The number of nitrogens with zero attached hydrogens (tertiary/aromatic N) is 2. The summed E-state index contributed by atoms with van der Waals surface area (Å²) in [5.41, 5.74) is 5.01. The van der Waals surface area contributed by atoms with Crippen LogP contribution in [0.1, 0.15) is 50.8 Å². The fraction of sp³-hybridized carbons (Fsp3) is 0.619. The van der Waals surface area contributed by atoms with Crippen LogP contribution < -0.4 is 0 Å². The SMILES string of the molecule is CN1CCc2c(c3cc(Cl)ccc3n2CCC2CCC(C)(C)C2)C1. The third kappa shape index (κ3) is 2.99. The van der Waals surface area contributed by atoms with Crippen LogP contribution >= 0.6 is 11.6 Å². The van der Waals surface area contributed by atoms with Crippen molar-refractivity contribution in [2.75, 3.05) is 13.6 Å². The molecule has 1 aromatic carbocycles. The van der Waals surface area contributed by atoms with Gasteiger partial charge in [0.25, 0.3) is 0 Å². The van der Waals surface area contributed by atoms with Gasteiger partial charge in [-0.1, -0.05) is 25.4 Å². The Labute approximate surface area is 150 Å². The molecule has 130 valence electrons. The summed E-state index contributed by atoms with van der Waals surface area (Å²) in [5, 5.41) is 2.23. The van der Waals surface area contributed by atoms with Gasteiger partial charge >= 0.3 is 0 Å². The van der Waals surface area contributed by atoms with Crippen LogP contribution in [0.25, 0.3) is 10.9 Å². The van der Waals surface area contributed by atoms with E-state index < -0.39 is 0 Å². The molecule has 1 atom stereocenters. The van der Waals surface area contributed by atoms with Crippen molar-refractivity contribution in [1.82, 2.24) is 9.47 Å². The molecule has 1 aliphatic carbocycles. The Morgan fingerprint density at radius 1 is 1.29 bits per heavy atom. The van der Waals surface area contributed by atoms with E-state index in [1.165, 1.54) is 42.1 Å². The first-order chi connectivity index (χ1) is 11.4. The molecule has 1 aromatic heterocycles. The standard InChI is InChI=1S/C21H29ClN2/c1-21(2)9-6-15(13-21)7-11-24-19-5-4-16(22)12-17(19)18-14-23(3)10-8-20(18)24/h4-5,12,15H,6-11,13-14H2,1-3H3. The Morgan fingerprint density at radius 3 is 2.88 bits per heavy atom. The molecule has 2 heterocycles. The third-order valence-electron chi connectivity index (χ3n) is 6.24. The number of rotatable bonds is 3. The molecule has 2 nitrogen and oxygen atoms in total. The molecule has 2 aliphatic rings. The van der Waals surface area contributed by atoms with Crippen LogP contribution in [0.15, 0.2) is 18.2 Å². The number of aromatic nitrogens is 1. The molecule has 0 N–H and O–H groups in total. The van der Waals surface area contributed by atoms with E-state index in [-0.39, 0.29) is 0 Å². The molecule has 4 rings (SSSR count). The van der Waals surface area contributed by atoms with Gasteiger partial charge in [-0.15, -0.1) is 0 Å². The molecule has 3 heteroatoms. The largest absolute Gasteiger partial charge is 0.344 e. The highest BCUT2D eigenvalue weighted by molar-refractivity contribution is 6.31. The van der Waals surface area contributed by atoms with Gasteiger partial charge in [-0.2, -0.15) is 0 Å². The van der Waals surface area contributed by atoms with Crippen LogP contribution in [0, 0.1) is 11.3 Å². The van der Waals surface area contributed by atoms with Crippen molar-refractivity contribution in [3.05, 3.63) is 34.5 Å². The first-order valence-corrected chi connectivity index (χ1v) is 9.79. The fourth-order valence-corrected chi connectivity index (χ4v) is 5.12. The van der Waals surface area contributed by atoms with Gasteiger partial charge in [0.2, 0.25) is 0 Å². The van der Waals surface area contributed by atoms with Gasteiger partial charge in [-0.25, -0.2) is 0 Å². The number of halogens is 1. The van der Waals surface area contributed by atoms with E-state index in [0.717, 1.165) is 37.0 Å². The number of hydrogen-bond donors (Lipinski definition) is 0. The second-order valence-corrected chi connectivity index (χ2v) is 9.22. The summed E-state index contributed by atoms with van der Waals surface area (Å²) in [7, 11) is 2.22. The molecule has 1 aliphatic heterocycles. The van der Waals surface area contributed by atoms with Crippen LogP contribution in [0.5, 0.6) is 0 Å². The summed E-state index contributed by atoms with van der Waals surface area (Å²) in [6.45, 7) is 8.23. The Balaban J connectivity index is 1.65. The average Bonchev–Trinajstić information content (AvgIpc) is 3.02. The van der Waals surface area contributed by atoms with E-state index in [2.05, 4.69) is 42.5 Å². The molecule has 24 heavy (non-hydrogen) atoms. The van der Waals surface area contributed by atoms with Crippen molar-refractivity contribution in [2.45, 2.75) is 59.0 Å². The Hall–Kier alpha value is -0.990. The van der Waals surface area contributed by atoms with Gasteiger partial charge < -0.3 is 9.47 Å². The van der Waals surface area contributed by atoms with E-state index in [1.54, 1.807) is 5.69 Å². The average molecular weight is 345 g/mol. The van der Waals surface area contributed by atoms with Crippen molar-refractivity contribution < 1.29 is 0 Å². The summed E-state index contributed by atoms with van der Waals surface area (Å²) in [4.78, 5) is 2.42. The smallest absolute Gasteiger partial charge is 0.0486 e. The van der Waals surface area contributed by atoms with Crippen LogP contribution in [-0.4, -0.2) is 23.1 Å². The Bertz CT molecular complexity index is 759. The first kappa shape index (κ1) is 16.5. The fourth-order valence-electron chi connectivity index (χ4n) is 4.95. The zero-order chi connectivity index (χ0) is 16.9. The van der Waals surface area contributed by atoms with Crippen molar-refractivity contribution >= 4 is 22.5 Å². The van der Waals surface area contributed by atoms with Gasteiger partial charge in [0.05, 0.1) is 0 Å². The number of fused-ring (bicyclic) bond motifs is 3. The topological polar surface area (TPSA) is 8.17 Å². The molecule has 0 radical (unpaired) electrons. The van der Waals surface area contributed by atoms with Gasteiger partial charge in [0.15, 0.2) is 0 Å². The maximum atomic E-state index is 6.30. The van der Waals surface area contributed by atoms with E-state index in [1.807, 2.05) is 6.07 Å². The van der Waals surface area contributed by atoms with E-state index in [9.17, 15) is 0 Å². The highest BCUT2D eigenvalue weighted by atomic mass is 35.5. The minimum atomic E-state index is 0.555. The molecule has 0 bridgehead atoms. The highest BCUT2D eigenvalue weighted by Crippen LogP contribution is 2.43. The second-order valence-electron chi connectivity index (χ2n) is 8.79. The van der Waals surface area contributed by atoms with Gasteiger partial charge in [-0.3, -0.25) is 0 Å². The quantitative estimate of drug-likeness (QED) is 0.713. The van der Waals surface area contributed by atoms with E-state index in [4.69, 9.17) is 11.6 Å². The van der Waals surface area contributed by atoms with Gasteiger partial charge in [0, 0.05) is 47.7 Å². The number of hydrogen-bond acceptors (Lipinski definition) is 1. The number of benzene rings is 1. The van der Waals surface area contributed by atoms with Crippen LogP contribution in [0.3, 0.4) is 0 Å². The van der Waals surface area contributed by atoms with Crippen molar-refractivity contribution in [3.63, 3.8) is 0 Å². The second kappa shape index (κ2) is 6.07. The molecular weight excluding hydrogens is 316 g/mol. The lowest BCUT2D eigenvalue weighted by Gasteiger charge is -2.24. The lowest BCUT2D eigenvalue weighted by atomic mass is 9.90. The third-order valence-corrected chi connectivity index (χ3v) is 6.47. The highest BCUT2D eigenvalue weighted by Gasteiger charge is 2.31. The maximum Gasteiger partial charge on any atom is 0.0486 e. The Kier molecular flexibility index (Phi) is 4.17. The summed E-state index contributed by atoms with van der Waals surface area (Å²) in [6, 6.07) is 6.45. The zero-order valence-electron chi connectivity index (χ0n) is 15.2. The maximum absolute atomic E-state index is 6.30. The van der Waals surface area contributed by atoms with Gasteiger partial charge in [0.1, 0.15) is 0 Å². The lowest BCUT2D eigenvalue weighted by molar-refractivity contribution is 0.307. The molecule has 1 fully saturated rings. The minimum Gasteiger partial charge on any atom is -0.344 e. The lowest BCUT2D eigenvalue weighted by Crippen LogP contribution is -2.27. The molecule has 1 unspecified atom stereocenters. The minimum absolute atomic E-state index is 0.555. The van der Waals surface area contributed by atoms with E-state index >= 15 is 0 Å². The normalized spacial score (nSPS) is 23.8. The number of aryl methyl sites for hydroxylation is 1. The predicted octanol–water partition coefficient (Wildman–Crippen LogP) is 5.50. The molecular formula is C21H29ClN2. The summed E-state index contributed by atoms with van der Waals surface area (Å²) >= 11 is 6.30. The monoisotopic (exact) mass is 344 g/mol. The van der Waals surface area contributed by atoms with E-state index in [0.29, 0.717) is 5.41 Å². The summed E-state index contributed by atoms with van der Waals surface area (Å²) in [6.07, 6.45) is 6.67. The molecule has 2 aromatic rings. The van der Waals surface area contributed by atoms with Crippen molar-refractivity contribution in [2.24, 2.45) is 11.3 Å². The summed E-state index contributed by atoms with van der Waals surface area (Å²) < 4.78 is 2.61. The predicted molar refractivity (Wildman–Crippen MR) is 103 cm³/mol. The first-order valence-electron chi connectivity index (χ1n) is 9.41. The summed E-state index contributed by atoms with van der Waals surface area (Å²) in [5.74, 6) is 0.895. The van der Waals surface area contributed by atoms with Crippen LogP contribution in [0.2, 0.25) is 5.02 Å². The Morgan fingerprint density at radius 2 is 2.12 bits per heavy atom. The van der Waals surface area contributed by atoms with Crippen LogP contribution in [0.4, 0.5) is 0 Å². The molecule has 1 saturated carbocycles. The van der Waals surface area contributed by atoms with Crippen molar-refractivity contribution in [1.29, 1.82) is 0 Å². The number of likely N-dealkylation sites (N-methyl/N-ethyl adjacent to an activating group) is 1. The molecule has 0 spiro atoms. The van der Waals surface area contributed by atoms with Crippen LogP contribution in [-0.2, 0) is 19.5 Å². The molecule has 0 amide bonds.